The quantitative estimate of drug-likeness (QED) is 0.439. The first-order chi connectivity index (χ1) is 7.99. The van der Waals surface area contributed by atoms with Crippen LogP contribution in [0.15, 0.2) is 23.9 Å². The van der Waals surface area contributed by atoms with Crippen molar-refractivity contribution in [3.63, 3.8) is 0 Å². The van der Waals surface area contributed by atoms with Gasteiger partial charge in [0.05, 0.1) is 6.61 Å². The molecule has 1 N–H and O–H groups in total. The van der Waals surface area contributed by atoms with Crippen LogP contribution in [0.4, 0.5) is 0 Å². The Labute approximate surface area is 103 Å². The second-order valence-corrected chi connectivity index (χ2v) is 3.81. The van der Waals surface area contributed by atoms with Crippen molar-refractivity contribution in [3.8, 4) is 0 Å². The van der Waals surface area contributed by atoms with E-state index >= 15 is 0 Å². The van der Waals surface area contributed by atoms with Gasteiger partial charge in [-0.2, -0.15) is 0 Å². The number of rotatable bonds is 6. The van der Waals surface area contributed by atoms with Crippen molar-refractivity contribution in [1.82, 2.24) is 5.32 Å². The second-order valence-electron chi connectivity index (χ2n) is 3.81. The highest BCUT2D eigenvalue weighted by Gasteiger charge is 2.07. The Kier molecular flexibility index (Phi) is 7.76. The smallest absolute Gasteiger partial charge is 0.332 e. The molecule has 0 aliphatic rings. The average molecular weight is 239 g/mol. The number of amides is 1. The van der Waals surface area contributed by atoms with E-state index in [0.29, 0.717) is 18.7 Å². The third kappa shape index (κ3) is 8.25. The fourth-order valence-electron chi connectivity index (χ4n) is 1.44. The highest BCUT2D eigenvalue weighted by atomic mass is 16.5. The fourth-order valence-corrected chi connectivity index (χ4v) is 1.44. The summed E-state index contributed by atoms with van der Waals surface area (Å²) in [5.41, 5.74) is 0.585. The molecule has 0 aliphatic heterocycles. The molecule has 0 fully saturated rings. The van der Waals surface area contributed by atoms with Gasteiger partial charge in [0.2, 0.25) is 5.91 Å². The highest BCUT2D eigenvalue weighted by molar-refractivity contribution is 5.84. The van der Waals surface area contributed by atoms with Crippen molar-refractivity contribution in [2.45, 2.75) is 34.1 Å². The summed E-state index contributed by atoms with van der Waals surface area (Å²) >= 11 is 0. The molecular weight excluding hydrogens is 218 g/mol. The first-order valence-electron chi connectivity index (χ1n) is 5.77. The summed E-state index contributed by atoms with van der Waals surface area (Å²) in [4.78, 5) is 22.3. The number of carbonyl (C=O) groups excluding carboxylic acids is 2. The van der Waals surface area contributed by atoms with Crippen LogP contribution in [0.5, 0.6) is 0 Å². The normalized spacial score (nSPS) is 13.5. The van der Waals surface area contributed by atoms with Crippen molar-refractivity contribution < 1.29 is 14.3 Å². The molecule has 4 nitrogen and oxygen atoms in total. The molecular formula is C13H21NO3. The van der Waals surface area contributed by atoms with Crippen LogP contribution in [-0.4, -0.2) is 18.5 Å². The van der Waals surface area contributed by atoms with Crippen molar-refractivity contribution in [3.05, 3.63) is 23.9 Å². The molecule has 1 amide bonds. The van der Waals surface area contributed by atoms with Gasteiger partial charge in [-0.1, -0.05) is 19.1 Å². The number of esters is 1. The van der Waals surface area contributed by atoms with Crippen LogP contribution in [-0.2, 0) is 14.3 Å². The van der Waals surface area contributed by atoms with Gasteiger partial charge in [-0.25, -0.2) is 4.79 Å². The largest absolute Gasteiger partial charge is 0.463 e. The summed E-state index contributed by atoms with van der Waals surface area (Å²) in [5.74, 6) is -0.357. The molecule has 0 aromatic carbocycles. The molecule has 0 rings (SSSR count). The number of hydrogen-bond donors (Lipinski definition) is 1. The van der Waals surface area contributed by atoms with Crippen molar-refractivity contribution >= 4 is 11.9 Å². The molecule has 0 radical (unpaired) electrons. The standard InChI is InChI=1S/C13H21NO3/c1-5-7-10(3)8-12(14-11(4)15)9-13(16)17-6-2/h5,7,9-10H,6,8H2,1-4H3,(H,14,15)/b7-5+,12-9-/t10-/m0/s1. The van der Waals surface area contributed by atoms with E-state index in [1.54, 1.807) is 6.92 Å². The monoisotopic (exact) mass is 239 g/mol. The van der Waals surface area contributed by atoms with E-state index in [4.69, 9.17) is 4.74 Å². The summed E-state index contributed by atoms with van der Waals surface area (Å²) in [6, 6.07) is 0. The first-order valence-corrected chi connectivity index (χ1v) is 5.77. The van der Waals surface area contributed by atoms with E-state index in [9.17, 15) is 9.59 Å². The van der Waals surface area contributed by atoms with Gasteiger partial charge in [0.15, 0.2) is 0 Å². The Balaban J connectivity index is 4.62. The van der Waals surface area contributed by atoms with E-state index in [2.05, 4.69) is 5.32 Å². The molecule has 0 spiro atoms. The molecule has 0 saturated heterocycles. The zero-order valence-electron chi connectivity index (χ0n) is 10.9. The minimum atomic E-state index is -0.427. The average Bonchev–Trinajstić information content (AvgIpc) is 2.16. The predicted octanol–water partition coefficient (Wildman–Crippen LogP) is 2.17. The summed E-state index contributed by atoms with van der Waals surface area (Å²) in [6.07, 6.45) is 5.90. The van der Waals surface area contributed by atoms with E-state index in [1.165, 1.54) is 13.0 Å². The lowest BCUT2D eigenvalue weighted by atomic mass is 10.0. The summed E-state index contributed by atoms with van der Waals surface area (Å²) in [6.45, 7) is 7.43. The van der Waals surface area contributed by atoms with Crippen LogP contribution in [0.1, 0.15) is 34.1 Å². The number of carbonyl (C=O) groups is 2. The zero-order chi connectivity index (χ0) is 13.3. The Morgan fingerprint density at radius 3 is 2.53 bits per heavy atom. The summed E-state index contributed by atoms with van der Waals surface area (Å²) < 4.78 is 4.81. The van der Waals surface area contributed by atoms with Gasteiger partial charge >= 0.3 is 5.97 Å². The Bertz CT molecular complexity index is 319. The maximum absolute atomic E-state index is 11.3. The molecule has 0 bridgehead atoms. The van der Waals surface area contributed by atoms with Crippen molar-refractivity contribution in [1.29, 1.82) is 0 Å². The first kappa shape index (κ1) is 15.4. The second kappa shape index (κ2) is 8.56. The third-order valence-electron chi connectivity index (χ3n) is 1.98. The fraction of sp³-hybridized carbons (Fsp3) is 0.538. The minimum absolute atomic E-state index is 0.187. The number of allylic oxidation sites excluding steroid dienone is 3. The lowest BCUT2D eigenvalue weighted by molar-refractivity contribution is -0.137. The third-order valence-corrected chi connectivity index (χ3v) is 1.98. The van der Waals surface area contributed by atoms with Crippen LogP contribution in [0.2, 0.25) is 0 Å². The van der Waals surface area contributed by atoms with Crippen LogP contribution in [0.25, 0.3) is 0 Å². The van der Waals surface area contributed by atoms with Crippen LogP contribution in [0, 0.1) is 5.92 Å². The zero-order valence-corrected chi connectivity index (χ0v) is 10.9. The van der Waals surface area contributed by atoms with Gasteiger partial charge in [0.1, 0.15) is 0 Å². The molecule has 17 heavy (non-hydrogen) atoms. The topological polar surface area (TPSA) is 55.4 Å². The van der Waals surface area contributed by atoms with Gasteiger partial charge in [-0.15, -0.1) is 0 Å². The maximum atomic E-state index is 11.3. The van der Waals surface area contributed by atoms with Crippen LogP contribution >= 0.6 is 0 Å². The molecule has 0 heterocycles. The molecule has 4 heteroatoms. The van der Waals surface area contributed by atoms with Gasteiger partial charge in [0, 0.05) is 18.7 Å². The van der Waals surface area contributed by atoms with Crippen LogP contribution in [0.3, 0.4) is 0 Å². The molecule has 1 atom stereocenters. The number of ether oxygens (including phenoxy) is 1. The number of hydrogen-bond acceptors (Lipinski definition) is 3. The van der Waals surface area contributed by atoms with Gasteiger partial charge in [-0.05, 0) is 26.2 Å². The highest BCUT2D eigenvalue weighted by Crippen LogP contribution is 2.10. The van der Waals surface area contributed by atoms with Crippen molar-refractivity contribution in [2.75, 3.05) is 6.61 Å². The number of nitrogens with one attached hydrogen (secondary N) is 1. The minimum Gasteiger partial charge on any atom is -0.463 e. The van der Waals surface area contributed by atoms with Gasteiger partial charge in [0.25, 0.3) is 0 Å². The Morgan fingerprint density at radius 1 is 1.41 bits per heavy atom. The molecule has 0 aromatic heterocycles. The lowest BCUT2D eigenvalue weighted by Crippen LogP contribution is -2.21. The summed E-state index contributed by atoms with van der Waals surface area (Å²) in [5, 5.41) is 2.65. The van der Waals surface area contributed by atoms with E-state index in [-0.39, 0.29) is 11.8 Å². The Hall–Kier alpha value is -1.58. The van der Waals surface area contributed by atoms with Gasteiger partial charge < -0.3 is 10.1 Å². The van der Waals surface area contributed by atoms with E-state index in [0.717, 1.165) is 0 Å². The maximum Gasteiger partial charge on any atom is 0.332 e. The lowest BCUT2D eigenvalue weighted by Gasteiger charge is -2.11. The predicted molar refractivity (Wildman–Crippen MR) is 67.1 cm³/mol. The molecule has 0 unspecified atom stereocenters. The Morgan fingerprint density at radius 2 is 2.06 bits per heavy atom. The summed E-state index contributed by atoms with van der Waals surface area (Å²) in [7, 11) is 0. The van der Waals surface area contributed by atoms with Crippen LogP contribution < -0.4 is 5.32 Å². The molecule has 0 aromatic rings. The molecule has 96 valence electrons. The van der Waals surface area contributed by atoms with E-state index < -0.39 is 5.97 Å². The molecule has 0 saturated carbocycles. The SMILES string of the molecule is C/C=C/[C@H](C)C/C(=C/C(=O)OCC)NC(C)=O. The van der Waals surface area contributed by atoms with Crippen molar-refractivity contribution in [2.24, 2.45) is 5.92 Å². The van der Waals surface area contributed by atoms with E-state index in [1.807, 2.05) is 26.0 Å². The molecule has 0 aliphatic carbocycles. The van der Waals surface area contributed by atoms with Gasteiger partial charge in [-0.3, -0.25) is 4.79 Å².